The average Bonchev–Trinajstić information content (AvgIpc) is 2.38. The summed E-state index contributed by atoms with van der Waals surface area (Å²) >= 11 is 0. The number of ether oxygens (including phenoxy) is 1. The molecule has 2 rings (SSSR count). The van der Waals surface area contributed by atoms with Gasteiger partial charge in [0.15, 0.2) is 0 Å². The zero-order valence-electron chi connectivity index (χ0n) is 10.5. The summed E-state index contributed by atoms with van der Waals surface area (Å²) in [5.41, 5.74) is 0.448. The van der Waals surface area contributed by atoms with Gasteiger partial charge >= 0.3 is 7.12 Å². The molecule has 0 saturated carbocycles. The number of benzene rings is 2. The fourth-order valence-corrected chi connectivity index (χ4v) is 1.99. The van der Waals surface area contributed by atoms with Crippen LogP contribution in [0.15, 0.2) is 36.4 Å². The van der Waals surface area contributed by atoms with Gasteiger partial charge in [-0.2, -0.15) is 0 Å². The van der Waals surface area contributed by atoms with E-state index in [1.54, 1.807) is 6.07 Å². The Labute approximate surface area is 107 Å². The highest BCUT2D eigenvalue weighted by molar-refractivity contribution is 6.63. The van der Waals surface area contributed by atoms with Gasteiger partial charge in [0.2, 0.25) is 0 Å². The van der Waals surface area contributed by atoms with Crippen LogP contribution in [0, 0.1) is 0 Å². The standard InChI is InChI=1S/C14H17BO3/c1-2-3-10-18-13-9-8-11-6-4-5-7-12(11)14(13)15(16)17/h4-9,16-17H,2-3,10H2,1H3. The van der Waals surface area contributed by atoms with E-state index in [0.717, 1.165) is 23.6 Å². The molecule has 0 amide bonds. The van der Waals surface area contributed by atoms with E-state index in [1.807, 2.05) is 30.3 Å². The summed E-state index contributed by atoms with van der Waals surface area (Å²) in [5.74, 6) is 0.553. The first-order valence-electron chi connectivity index (χ1n) is 6.24. The molecule has 0 aliphatic heterocycles. The Morgan fingerprint density at radius 2 is 1.89 bits per heavy atom. The maximum absolute atomic E-state index is 9.53. The van der Waals surface area contributed by atoms with Crippen molar-refractivity contribution in [3.05, 3.63) is 36.4 Å². The molecular weight excluding hydrogens is 227 g/mol. The van der Waals surface area contributed by atoms with E-state index in [0.29, 0.717) is 17.8 Å². The smallest absolute Gasteiger partial charge is 0.492 e. The summed E-state index contributed by atoms with van der Waals surface area (Å²) < 4.78 is 5.63. The Kier molecular flexibility index (Phi) is 4.23. The first-order chi connectivity index (χ1) is 8.74. The lowest BCUT2D eigenvalue weighted by atomic mass is 9.76. The maximum atomic E-state index is 9.53. The number of hydrogen-bond acceptors (Lipinski definition) is 3. The lowest BCUT2D eigenvalue weighted by Gasteiger charge is -2.13. The summed E-state index contributed by atoms with van der Waals surface area (Å²) in [4.78, 5) is 0. The second-order valence-electron chi connectivity index (χ2n) is 4.27. The van der Waals surface area contributed by atoms with Crippen LogP contribution >= 0.6 is 0 Å². The van der Waals surface area contributed by atoms with Crippen LogP contribution in [0.25, 0.3) is 10.8 Å². The fourth-order valence-electron chi connectivity index (χ4n) is 1.99. The molecular formula is C14H17BO3. The minimum atomic E-state index is -1.52. The molecule has 94 valence electrons. The molecule has 2 aromatic rings. The summed E-state index contributed by atoms with van der Waals surface area (Å²) in [6, 6.07) is 11.3. The molecule has 0 saturated heterocycles. The molecule has 0 atom stereocenters. The molecule has 4 heteroatoms. The maximum Gasteiger partial charge on any atom is 0.492 e. The molecule has 0 aliphatic rings. The van der Waals surface area contributed by atoms with Crippen LogP contribution in [0.1, 0.15) is 19.8 Å². The Bertz CT molecular complexity index is 525. The summed E-state index contributed by atoms with van der Waals surface area (Å²) in [5, 5.41) is 20.9. The van der Waals surface area contributed by atoms with E-state index in [-0.39, 0.29) is 0 Å². The zero-order chi connectivity index (χ0) is 13.0. The molecule has 0 unspecified atom stereocenters. The van der Waals surface area contributed by atoms with Gasteiger partial charge in [-0.25, -0.2) is 0 Å². The van der Waals surface area contributed by atoms with Gasteiger partial charge in [0.25, 0.3) is 0 Å². The molecule has 0 fully saturated rings. The van der Waals surface area contributed by atoms with Crippen LogP contribution in [-0.4, -0.2) is 23.8 Å². The van der Waals surface area contributed by atoms with Gasteiger partial charge in [-0.3, -0.25) is 0 Å². The van der Waals surface area contributed by atoms with E-state index in [2.05, 4.69) is 6.92 Å². The SMILES string of the molecule is CCCCOc1ccc2ccccc2c1B(O)O. The number of hydrogen-bond donors (Lipinski definition) is 2. The van der Waals surface area contributed by atoms with E-state index >= 15 is 0 Å². The molecule has 0 radical (unpaired) electrons. The van der Waals surface area contributed by atoms with Gasteiger partial charge in [-0.05, 0) is 23.3 Å². The van der Waals surface area contributed by atoms with Gasteiger partial charge in [-0.15, -0.1) is 0 Å². The lowest BCUT2D eigenvalue weighted by molar-refractivity contribution is 0.310. The van der Waals surface area contributed by atoms with Crippen molar-refractivity contribution in [2.45, 2.75) is 19.8 Å². The van der Waals surface area contributed by atoms with Crippen molar-refractivity contribution in [2.24, 2.45) is 0 Å². The van der Waals surface area contributed by atoms with Crippen molar-refractivity contribution in [1.82, 2.24) is 0 Å². The van der Waals surface area contributed by atoms with Crippen molar-refractivity contribution < 1.29 is 14.8 Å². The topological polar surface area (TPSA) is 49.7 Å². The summed E-state index contributed by atoms with van der Waals surface area (Å²) in [6.07, 6.45) is 2.00. The predicted octanol–water partition coefficient (Wildman–Crippen LogP) is 1.70. The molecule has 0 aromatic heterocycles. The van der Waals surface area contributed by atoms with E-state index < -0.39 is 7.12 Å². The third-order valence-corrected chi connectivity index (χ3v) is 2.94. The third kappa shape index (κ3) is 2.66. The molecule has 0 heterocycles. The van der Waals surface area contributed by atoms with Crippen molar-refractivity contribution in [3.8, 4) is 5.75 Å². The van der Waals surface area contributed by atoms with Crippen LogP contribution in [0.2, 0.25) is 0 Å². The Hall–Kier alpha value is -1.52. The largest absolute Gasteiger partial charge is 0.494 e. The second kappa shape index (κ2) is 5.89. The fraction of sp³-hybridized carbons (Fsp3) is 0.286. The minimum absolute atomic E-state index is 0.448. The molecule has 3 nitrogen and oxygen atoms in total. The number of fused-ring (bicyclic) bond motifs is 1. The Morgan fingerprint density at radius 3 is 2.61 bits per heavy atom. The van der Waals surface area contributed by atoms with Crippen LogP contribution in [0.4, 0.5) is 0 Å². The van der Waals surface area contributed by atoms with E-state index in [1.165, 1.54) is 0 Å². The van der Waals surface area contributed by atoms with Gasteiger partial charge in [0.05, 0.1) is 6.61 Å². The van der Waals surface area contributed by atoms with Crippen LogP contribution in [0.5, 0.6) is 5.75 Å². The van der Waals surface area contributed by atoms with Gasteiger partial charge in [0, 0.05) is 5.46 Å². The minimum Gasteiger partial charge on any atom is -0.494 e. The average molecular weight is 244 g/mol. The molecule has 0 aliphatic carbocycles. The Morgan fingerprint density at radius 1 is 1.11 bits per heavy atom. The summed E-state index contributed by atoms with van der Waals surface area (Å²) in [6.45, 7) is 2.68. The predicted molar refractivity (Wildman–Crippen MR) is 74.2 cm³/mol. The molecule has 18 heavy (non-hydrogen) atoms. The molecule has 0 bridgehead atoms. The van der Waals surface area contributed by atoms with Gasteiger partial charge < -0.3 is 14.8 Å². The first kappa shape index (κ1) is 12.9. The quantitative estimate of drug-likeness (QED) is 0.621. The van der Waals surface area contributed by atoms with E-state index in [4.69, 9.17) is 4.74 Å². The number of rotatable bonds is 5. The van der Waals surface area contributed by atoms with E-state index in [9.17, 15) is 10.0 Å². The van der Waals surface area contributed by atoms with Gasteiger partial charge in [0.1, 0.15) is 5.75 Å². The number of unbranched alkanes of at least 4 members (excludes halogenated alkanes) is 1. The van der Waals surface area contributed by atoms with Gasteiger partial charge in [-0.1, -0.05) is 43.7 Å². The van der Waals surface area contributed by atoms with Crippen LogP contribution in [0.3, 0.4) is 0 Å². The van der Waals surface area contributed by atoms with Crippen molar-refractivity contribution in [1.29, 1.82) is 0 Å². The summed E-state index contributed by atoms with van der Waals surface area (Å²) in [7, 11) is -1.52. The normalized spacial score (nSPS) is 10.6. The lowest BCUT2D eigenvalue weighted by Crippen LogP contribution is -2.32. The second-order valence-corrected chi connectivity index (χ2v) is 4.27. The molecule has 2 aromatic carbocycles. The van der Waals surface area contributed by atoms with Crippen LogP contribution < -0.4 is 10.2 Å². The highest BCUT2D eigenvalue weighted by atomic mass is 16.5. The highest BCUT2D eigenvalue weighted by Gasteiger charge is 2.20. The Balaban J connectivity index is 2.42. The highest BCUT2D eigenvalue weighted by Crippen LogP contribution is 2.19. The monoisotopic (exact) mass is 244 g/mol. The third-order valence-electron chi connectivity index (χ3n) is 2.94. The van der Waals surface area contributed by atoms with Crippen LogP contribution in [-0.2, 0) is 0 Å². The van der Waals surface area contributed by atoms with Crippen molar-refractivity contribution in [2.75, 3.05) is 6.61 Å². The van der Waals surface area contributed by atoms with Crippen molar-refractivity contribution in [3.63, 3.8) is 0 Å². The van der Waals surface area contributed by atoms with Crippen molar-refractivity contribution >= 4 is 23.4 Å². The molecule has 2 N–H and O–H groups in total. The first-order valence-corrected chi connectivity index (χ1v) is 6.24. The molecule has 0 spiro atoms. The zero-order valence-corrected chi connectivity index (χ0v) is 10.5.